The molecular weight excluding hydrogens is 1610 g/mol. The van der Waals surface area contributed by atoms with Gasteiger partial charge in [-0.1, -0.05) is 101 Å². The van der Waals surface area contributed by atoms with Crippen LogP contribution in [0.1, 0.15) is 150 Å². The van der Waals surface area contributed by atoms with E-state index in [-0.39, 0.29) is 188 Å². The smallest absolute Gasteiger partial charge is 0.338 e. The lowest BCUT2D eigenvalue weighted by molar-refractivity contribution is -0.137. The van der Waals surface area contributed by atoms with Gasteiger partial charge in [-0.25, -0.2) is 9.59 Å². The number of nitrogens with zero attached hydrogens (tertiary/aromatic N) is 6. The van der Waals surface area contributed by atoms with Crippen molar-refractivity contribution in [1.82, 2.24) is 19.6 Å². The van der Waals surface area contributed by atoms with Crippen molar-refractivity contribution >= 4 is 102 Å². The summed E-state index contributed by atoms with van der Waals surface area (Å²) in [5.41, 5.74) is 3.92. The van der Waals surface area contributed by atoms with Crippen molar-refractivity contribution < 1.29 is 95.2 Å². The predicted molar refractivity (Wildman–Crippen MR) is 471 cm³/mol. The summed E-state index contributed by atoms with van der Waals surface area (Å²) in [6, 6.07) is 42.6. The summed E-state index contributed by atoms with van der Waals surface area (Å²) in [4.78, 5) is 138. The van der Waals surface area contributed by atoms with Crippen LogP contribution < -0.4 is 47.7 Å². The number of anilines is 2. The first kappa shape index (κ1) is 82.4. The molecule has 0 N–H and O–H groups in total. The molecule has 11 aromatic rings. The van der Waals surface area contributed by atoms with E-state index in [0.717, 1.165) is 96.5 Å². The molecule has 26 heteroatoms. The Morgan fingerprint density at radius 3 is 0.929 bits per heavy atom. The molecule has 2 aliphatic carbocycles. The lowest BCUT2D eigenvalue weighted by Gasteiger charge is -2.42. The fourth-order valence-electron chi connectivity index (χ4n) is 19.7. The average Bonchev–Trinajstić information content (AvgIpc) is 1.64. The highest BCUT2D eigenvalue weighted by molar-refractivity contribution is 6.45. The number of hydrogen-bond donors (Lipinski definition) is 0. The van der Waals surface area contributed by atoms with Gasteiger partial charge in [0.15, 0.2) is 0 Å². The number of carbonyl (C=O) groups is 8. The van der Waals surface area contributed by atoms with Gasteiger partial charge in [-0.05, 0) is 147 Å². The molecule has 0 radical (unpaired) electrons. The number of epoxide rings is 2. The van der Waals surface area contributed by atoms with Crippen molar-refractivity contribution in [2.24, 2.45) is 11.8 Å². The lowest BCUT2D eigenvalue weighted by atomic mass is 9.79. The maximum atomic E-state index is 17.1. The normalized spacial score (nSPS) is 18.3. The molecule has 0 spiro atoms. The zero-order valence-corrected chi connectivity index (χ0v) is 71.3. The molecule has 26 nitrogen and oxygen atoms in total. The van der Waals surface area contributed by atoms with Gasteiger partial charge in [-0.2, -0.15) is 0 Å². The fourth-order valence-corrected chi connectivity index (χ4v) is 19.7. The van der Waals surface area contributed by atoms with Crippen LogP contribution in [0.5, 0.6) is 69.0 Å². The Kier molecular flexibility index (Phi) is 22.7. The van der Waals surface area contributed by atoms with Gasteiger partial charge in [-0.3, -0.25) is 38.6 Å². The van der Waals surface area contributed by atoms with Crippen molar-refractivity contribution in [2.75, 3.05) is 117 Å². The number of methoxy groups -OCH3 is 4. The summed E-state index contributed by atoms with van der Waals surface area (Å²) in [5, 5.41) is 1.71. The quantitative estimate of drug-likeness (QED) is 0.0145. The second kappa shape index (κ2) is 34.7. The van der Waals surface area contributed by atoms with E-state index in [9.17, 15) is 9.59 Å². The Morgan fingerprint density at radius 1 is 0.357 bits per heavy atom. The zero-order valence-electron chi connectivity index (χ0n) is 71.3. The minimum absolute atomic E-state index is 0.00236. The first-order chi connectivity index (χ1) is 61.4. The lowest BCUT2D eigenvalue weighted by Crippen LogP contribution is -2.58. The van der Waals surface area contributed by atoms with E-state index in [1.165, 1.54) is 28.4 Å². The number of hydrogen-bond acceptors (Lipinski definition) is 22. The fraction of sp³-hybridized carbons (Fsp3) is 0.360. The molecule has 126 heavy (non-hydrogen) atoms. The van der Waals surface area contributed by atoms with E-state index in [1.54, 1.807) is 143 Å². The van der Waals surface area contributed by atoms with Crippen LogP contribution in [0, 0.1) is 25.7 Å². The molecule has 6 fully saturated rings. The molecule has 11 aromatic carbocycles. The van der Waals surface area contributed by atoms with Gasteiger partial charge >= 0.3 is 11.9 Å². The van der Waals surface area contributed by atoms with Crippen molar-refractivity contribution in [1.29, 1.82) is 0 Å². The second-order valence-electron chi connectivity index (χ2n) is 33.9. The van der Waals surface area contributed by atoms with E-state index in [1.807, 2.05) is 38.1 Å². The maximum absolute atomic E-state index is 17.1. The van der Waals surface area contributed by atoms with Crippen LogP contribution in [-0.2, 0) is 28.5 Å². The number of amides is 6. The molecule has 6 heterocycles. The SMILES string of the molecule is COc1cccc(Oc2cc3c4c(cc(Oc5cccc(OC)c5)c5c6c(Oc7cccc(OC)c7)cc7c8c(cc(Oc9cccc(OC)c9)c(c2c45)c86)C(=O)N(C(CC2CCCCC2)C(=O)N2CCN(c4cccc(C(=O)OCC5CO5)c4C)CC2)C7=O)C(=O)N(C(CC2CCCCC2)C(=O)N2CCN(c4cccc(C(=O)OCC5CO5)c4C)CC2)C3=O)c1. The predicted octanol–water partition coefficient (Wildman–Crippen LogP) is 17.2. The third kappa shape index (κ3) is 15.8. The Hall–Kier alpha value is -13.2. The molecule has 6 aliphatic heterocycles. The topological polar surface area (TPSA) is 273 Å². The third-order valence-electron chi connectivity index (χ3n) is 26.3. The Bertz CT molecular complexity index is 5570. The van der Waals surface area contributed by atoms with Gasteiger partial charge in [0.2, 0.25) is 11.8 Å². The molecule has 4 saturated heterocycles. The summed E-state index contributed by atoms with van der Waals surface area (Å²) in [7, 11) is 6.13. The summed E-state index contributed by atoms with van der Waals surface area (Å²) in [6.45, 7) is 7.51. The van der Waals surface area contributed by atoms with E-state index in [2.05, 4.69) is 9.80 Å². The molecule has 2 saturated carbocycles. The van der Waals surface area contributed by atoms with Gasteiger partial charge in [0, 0.05) is 131 Å². The third-order valence-corrected chi connectivity index (χ3v) is 26.3. The highest BCUT2D eigenvalue weighted by Gasteiger charge is 2.49. The molecule has 8 aliphatic rings. The monoisotopic (exact) mass is 1700 g/mol. The number of rotatable bonds is 28. The molecule has 19 rings (SSSR count). The molecule has 4 unspecified atom stereocenters. The Labute approximate surface area is 728 Å². The van der Waals surface area contributed by atoms with E-state index >= 15 is 28.8 Å². The zero-order chi connectivity index (χ0) is 86.7. The number of piperazine rings is 2. The molecule has 0 bridgehead atoms. The summed E-state index contributed by atoms with van der Waals surface area (Å²) in [5.74, 6) is -2.07. The van der Waals surface area contributed by atoms with Gasteiger partial charge in [0.05, 0.1) is 75.0 Å². The van der Waals surface area contributed by atoms with Crippen LogP contribution in [0.15, 0.2) is 158 Å². The number of carbonyl (C=O) groups excluding carboxylic acids is 8. The van der Waals surface area contributed by atoms with Crippen molar-refractivity contribution in [2.45, 2.75) is 115 Å². The first-order valence-corrected chi connectivity index (χ1v) is 43.6. The van der Waals surface area contributed by atoms with Gasteiger partial charge in [-0.15, -0.1) is 0 Å². The first-order valence-electron chi connectivity index (χ1n) is 43.6. The molecule has 648 valence electrons. The number of benzene rings is 11. The van der Waals surface area contributed by atoms with Crippen LogP contribution in [0.2, 0.25) is 0 Å². The Morgan fingerprint density at radius 2 is 0.643 bits per heavy atom. The number of esters is 2. The van der Waals surface area contributed by atoms with Gasteiger partial charge < -0.3 is 76.4 Å². The summed E-state index contributed by atoms with van der Waals surface area (Å²) < 4.78 is 74.9. The van der Waals surface area contributed by atoms with E-state index in [4.69, 9.17) is 56.8 Å². The van der Waals surface area contributed by atoms with Gasteiger partial charge in [0.25, 0.3) is 23.6 Å². The van der Waals surface area contributed by atoms with Gasteiger partial charge in [0.1, 0.15) is 106 Å². The second-order valence-corrected chi connectivity index (χ2v) is 33.9. The molecule has 0 aromatic heterocycles. The van der Waals surface area contributed by atoms with Crippen LogP contribution in [0.3, 0.4) is 0 Å². The van der Waals surface area contributed by atoms with Crippen molar-refractivity contribution in [3.05, 3.63) is 202 Å². The Balaban J connectivity index is 0.814. The number of ether oxygens (including phenoxy) is 12. The largest absolute Gasteiger partial charge is 0.497 e. The maximum Gasteiger partial charge on any atom is 0.338 e. The molecular formula is C100H98N6O20. The summed E-state index contributed by atoms with van der Waals surface area (Å²) in [6.07, 6.45) is 8.82. The van der Waals surface area contributed by atoms with Crippen LogP contribution in [0.4, 0.5) is 11.4 Å². The minimum atomic E-state index is -1.32. The van der Waals surface area contributed by atoms with E-state index < -0.39 is 59.5 Å². The number of imide groups is 2. The van der Waals surface area contributed by atoms with Crippen LogP contribution >= 0.6 is 0 Å². The number of fused-ring (bicyclic) bond motifs is 2. The van der Waals surface area contributed by atoms with E-state index in [0.29, 0.717) is 73.5 Å². The standard InChI is InChI=1S/C100H98N6O20/c1-57-71(99(113)121-55-69-53-119-69)31-17-33-77(57)101-35-39-103(40-36-101)97(111)79(43-59-19-9-7-10-20-59)105-93(107)73-49-81(123-65-27-13-23-61(45-65)115-3)87-89-83(125-67-29-15-25-63(47-67)117-5)51-75-86-76(52-84(126-68-30-16-26-64(48-68)118-6)90(92(86)89)88-82(50-74(94(105)108)85(73)91(87)88)124-66-28-14-24-62(46-66)116-4)96(110)106(95(75)109)80(44-60-21-11-8-12-22-60)98(112)104-41-37-102(38-42-104)78-34-18-32-72(58(78)2)100(114)122-56-70-54-120-70/h13-18,23-34,45-52,59-60,69-70,79-80H,7-12,19-22,35-44,53-56H2,1-6H3. The van der Waals surface area contributed by atoms with Crippen molar-refractivity contribution in [3.63, 3.8) is 0 Å². The minimum Gasteiger partial charge on any atom is -0.497 e. The molecule has 6 amide bonds. The molecule has 4 atom stereocenters. The summed E-state index contributed by atoms with van der Waals surface area (Å²) >= 11 is 0. The average molecular weight is 1700 g/mol. The highest BCUT2D eigenvalue weighted by atomic mass is 16.6. The highest BCUT2D eigenvalue weighted by Crippen LogP contribution is 2.59. The van der Waals surface area contributed by atoms with Crippen LogP contribution in [-0.4, -0.2) is 198 Å². The van der Waals surface area contributed by atoms with Crippen LogP contribution in [0.25, 0.3) is 43.1 Å². The van der Waals surface area contributed by atoms with Crippen molar-refractivity contribution in [3.8, 4) is 69.0 Å².